The Morgan fingerprint density at radius 3 is 2.18 bits per heavy atom. The molecule has 1 N–H and O–H groups in total. The topological polar surface area (TPSA) is 61.9 Å². The maximum Gasteiger partial charge on any atom is 0.317 e. The molecule has 0 atom stereocenters. The number of benzene rings is 1. The van der Waals surface area contributed by atoms with Crippen LogP contribution in [0.25, 0.3) is 0 Å². The zero-order valence-corrected chi connectivity index (χ0v) is 17.4. The summed E-state index contributed by atoms with van der Waals surface area (Å²) in [5.41, 5.74) is 1.81. The van der Waals surface area contributed by atoms with Crippen LogP contribution in [0.4, 0.5) is 4.79 Å². The highest BCUT2D eigenvalue weighted by molar-refractivity contribution is 5.94. The number of morpholine rings is 1. The van der Waals surface area contributed by atoms with E-state index in [1.807, 2.05) is 42.7 Å². The molecule has 6 nitrogen and oxygen atoms in total. The number of nitrogens with zero attached hydrogens (tertiary/aromatic N) is 2. The number of hydrogen-bond donors (Lipinski definition) is 1. The van der Waals surface area contributed by atoms with Crippen LogP contribution in [0.3, 0.4) is 0 Å². The molecule has 2 fully saturated rings. The van der Waals surface area contributed by atoms with E-state index < -0.39 is 0 Å². The van der Waals surface area contributed by atoms with Crippen molar-refractivity contribution in [1.29, 1.82) is 0 Å². The molecule has 0 radical (unpaired) electrons. The van der Waals surface area contributed by atoms with Gasteiger partial charge in [-0.25, -0.2) is 4.79 Å². The fraction of sp³-hybridized carbons (Fsp3) is 0.636. The molecule has 6 heteroatoms. The number of piperidine rings is 1. The van der Waals surface area contributed by atoms with Gasteiger partial charge in [-0.15, -0.1) is 0 Å². The van der Waals surface area contributed by atoms with Crippen molar-refractivity contribution in [2.75, 3.05) is 39.4 Å². The van der Waals surface area contributed by atoms with Gasteiger partial charge in [0.15, 0.2) is 0 Å². The summed E-state index contributed by atoms with van der Waals surface area (Å²) in [7, 11) is 0. The van der Waals surface area contributed by atoms with Gasteiger partial charge in [-0.1, -0.05) is 12.1 Å². The summed E-state index contributed by atoms with van der Waals surface area (Å²) in [6.07, 6.45) is 3.04. The molecular formula is C22H33N3O3. The first-order chi connectivity index (χ1) is 13.3. The highest BCUT2D eigenvalue weighted by Gasteiger charge is 2.25. The number of amides is 3. The summed E-state index contributed by atoms with van der Waals surface area (Å²) >= 11 is 0. The Bertz CT molecular complexity index is 667. The van der Waals surface area contributed by atoms with Crippen LogP contribution >= 0.6 is 0 Å². The Hall–Kier alpha value is -2.08. The van der Waals surface area contributed by atoms with E-state index in [0.717, 1.165) is 37.9 Å². The molecule has 0 spiro atoms. The molecule has 1 aromatic carbocycles. The molecule has 2 aliphatic rings. The lowest BCUT2D eigenvalue weighted by Gasteiger charge is -2.34. The number of carbonyl (C=O) groups excluding carboxylic acids is 2. The first-order valence-electron chi connectivity index (χ1n) is 10.3. The van der Waals surface area contributed by atoms with Crippen molar-refractivity contribution < 1.29 is 14.3 Å². The van der Waals surface area contributed by atoms with Crippen molar-refractivity contribution in [1.82, 2.24) is 15.1 Å². The minimum absolute atomic E-state index is 0.0388. The quantitative estimate of drug-likeness (QED) is 0.867. The van der Waals surface area contributed by atoms with Gasteiger partial charge in [0.1, 0.15) is 0 Å². The number of likely N-dealkylation sites (tertiary alicyclic amines) is 1. The molecule has 3 amide bonds. The molecular weight excluding hydrogens is 354 g/mol. The first kappa shape index (κ1) is 20.6. The number of hydrogen-bond acceptors (Lipinski definition) is 3. The minimum Gasteiger partial charge on any atom is -0.378 e. The lowest BCUT2D eigenvalue weighted by molar-refractivity contribution is 0.0303. The number of rotatable bonds is 3. The maximum atomic E-state index is 12.5. The predicted molar refractivity (Wildman–Crippen MR) is 109 cm³/mol. The summed E-state index contributed by atoms with van der Waals surface area (Å²) < 4.78 is 5.31. The van der Waals surface area contributed by atoms with Gasteiger partial charge in [-0.2, -0.15) is 0 Å². The fourth-order valence-corrected chi connectivity index (χ4v) is 3.81. The minimum atomic E-state index is -0.200. The zero-order valence-electron chi connectivity index (χ0n) is 17.4. The summed E-state index contributed by atoms with van der Waals surface area (Å²) in [5, 5.41) is 3.04. The van der Waals surface area contributed by atoms with Crippen LogP contribution in [0.2, 0.25) is 0 Å². The standard InChI is InChI=1S/C22H33N3O3/c1-22(2,3)23-21(27)25-10-8-18(9-11-25)16-17-4-6-19(7-5-17)20(26)24-12-14-28-15-13-24/h4-7,18H,8-16H2,1-3H3,(H,23,27). The van der Waals surface area contributed by atoms with Crippen molar-refractivity contribution >= 4 is 11.9 Å². The van der Waals surface area contributed by atoms with Crippen LogP contribution in [0.1, 0.15) is 49.5 Å². The molecule has 154 valence electrons. The largest absolute Gasteiger partial charge is 0.378 e. The molecule has 2 aliphatic heterocycles. The van der Waals surface area contributed by atoms with Crippen LogP contribution in [-0.2, 0) is 11.2 Å². The van der Waals surface area contributed by atoms with Gasteiger partial charge >= 0.3 is 6.03 Å². The van der Waals surface area contributed by atoms with E-state index in [1.165, 1.54) is 5.56 Å². The summed E-state index contributed by atoms with van der Waals surface area (Å²) in [6.45, 7) is 10.2. The van der Waals surface area contributed by atoms with E-state index in [0.29, 0.717) is 32.2 Å². The Balaban J connectivity index is 1.47. The molecule has 3 rings (SSSR count). The molecule has 0 aromatic heterocycles. The average molecular weight is 388 g/mol. The molecule has 0 saturated carbocycles. The van der Waals surface area contributed by atoms with Gasteiger partial charge < -0.3 is 19.9 Å². The second-order valence-corrected chi connectivity index (χ2v) is 8.92. The Morgan fingerprint density at radius 2 is 1.61 bits per heavy atom. The van der Waals surface area contributed by atoms with Gasteiger partial charge in [0.05, 0.1) is 13.2 Å². The zero-order chi connectivity index (χ0) is 20.1. The fourth-order valence-electron chi connectivity index (χ4n) is 3.81. The van der Waals surface area contributed by atoms with E-state index in [-0.39, 0.29) is 17.5 Å². The molecule has 0 aliphatic carbocycles. The Morgan fingerprint density at radius 1 is 1.00 bits per heavy atom. The van der Waals surface area contributed by atoms with E-state index >= 15 is 0 Å². The van der Waals surface area contributed by atoms with Gasteiger partial charge in [0.25, 0.3) is 5.91 Å². The number of ether oxygens (including phenoxy) is 1. The summed E-state index contributed by atoms with van der Waals surface area (Å²) in [5.74, 6) is 0.674. The molecule has 2 heterocycles. The second-order valence-electron chi connectivity index (χ2n) is 8.92. The van der Waals surface area contributed by atoms with E-state index in [1.54, 1.807) is 0 Å². The van der Waals surface area contributed by atoms with Crippen LogP contribution in [0, 0.1) is 5.92 Å². The van der Waals surface area contributed by atoms with Crippen LogP contribution in [0.5, 0.6) is 0 Å². The highest BCUT2D eigenvalue weighted by atomic mass is 16.5. The molecule has 2 saturated heterocycles. The molecule has 1 aromatic rings. The van der Waals surface area contributed by atoms with Crippen LogP contribution < -0.4 is 5.32 Å². The Kier molecular flexibility index (Phi) is 6.60. The molecule has 0 bridgehead atoms. The van der Waals surface area contributed by atoms with Crippen molar-refractivity contribution in [2.45, 2.75) is 45.6 Å². The highest BCUT2D eigenvalue weighted by Crippen LogP contribution is 2.22. The number of urea groups is 1. The van der Waals surface area contributed by atoms with Crippen molar-refractivity contribution in [3.05, 3.63) is 35.4 Å². The number of nitrogens with one attached hydrogen (secondary N) is 1. The van der Waals surface area contributed by atoms with Crippen LogP contribution in [0.15, 0.2) is 24.3 Å². The smallest absolute Gasteiger partial charge is 0.317 e. The van der Waals surface area contributed by atoms with E-state index in [4.69, 9.17) is 4.74 Å². The van der Waals surface area contributed by atoms with Gasteiger partial charge in [-0.05, 0) is 63.6 Å². The lowest BCUT2D eigenvalue weighted by Crippen LogP contribution is -2.50. The molecule has 0 unspecified atom stereocenters. The van der Waals surface area contributed by atoms with Gasteiger partial charge in [0, 0.05) is 37.3 Å². The normalized spacial score (nSPS) is 18.8. The third kappa shape index (κ3) is 5.71. The first-order valence-corrected chi connectivity index (χ1v) is 10.3. The summed E-state index contributed by atoms with van der Waals surface area (Å²) in [4.78, 5) is 28.6. The third-order valence-electron chi connectivity index (χ3n) is 5.41. The van der Waals surface area contributed by atoms with Gasteiger partial charge in [-0.3, -0.25) is 4.79 Å². The van der Waals surface area contributed by atoms with Crippen molar-refractivity contribution in [3.63, 3.8) is 0 Å². The van der Waals surface area contributed by atoms with Crippen molar-refractivity contribution in [3.8, 4) is 0 Å². The van der Waals surface area contributed by atoms with E-state index in [2.05, 4.69) is 17.4 Å². The second kappa shape index (κ2) is 8.95. The average Bonchev–Trinajstić information content (AvgIpc) is 2.68. The SMILES string of the molecule is CC(C)(C)NC(=O)N1CCC(Cc2ccc(C(=O)N3CCOCC3)cc2)CC1. The molecule has 28 heavy (non-hydrogen) atoms. The van der Waals surface area contributed by atoms with Crippen LogP contribution in [-0.4, -0.2) is 66.7 Å². The van der Waals surface area contributed by atoms with E-state index in [9.17, 15) is 9.59 Å². The lowest BCUT2D eigenvalue weighted by atomic mass is 9.90. The monoisotopic (exact) mass is 387 g/mol. The number of carbonyl (C=O) groups is 2. The maximum absolute atomic E-state index is 12.5. The third-order valence-corrected chi connectivity index (χ3v) is 5.41. The summed E-state index contributed by atoms with van der Waals surface area (Å²) in [6, 6.07) is 8.08. The van der Waals surface area contributed by atoms with Crippen molar-refractivity contribution in [2.24, 2.45) is 5.92 Å². The predicted octanol–water partition coefficient (Wildman–Crippen LogP) is 2.92. The van der Waals surface area contributed by atoms with Gasteiger partial charge in [0.2, 0.25) is 0 Å². The Labute approximate surface area is 168 Å².